The van der Waals surface area contributed by atoms with E-state index in [4.69, 9.17) is 19.2 Å². The highest BCUT2D eigenvalue weighted by Gasteiger charge is 2.45. The fraction of sp³-hybridized carbons (Fsp3) is 0.250. The van der Waals surface area contributed by atoms with Crippen LogP contribution in [0.2, 0.25) is 0 Å². The van der Waals surface area contributed by atoms with E-state index in [2.05, 4.69) is 169 Å². The zero-order valence-corrected chi connectivity index (χ0v) is 33.7. The summed E-state index contributed by atoms with van der Waals surface area (Å²) in [6.07, 6.45) is 7.52. The Hall–Kier alpha value is -5.79. The van der Waals surface area contributed by atoms with Gasteiger partial charge in [-0.25, -0.2) is 0 Å². The Morgan fingerprint density at radius 3 is 1.33 bits per heavy atom. The first-order valence-electron chi connectivity index (χ1n) is 20.4. The summed E-state index contributed by atoms with van der Waals surface area (Å²) < 4.78 is 17.0. The quantitative estimate of drug-likeness (QED) is 0.0573. The summed E-state index contributed by atoms with van der Waals surface area (Å²) in [6, 6.07) is 52.1. The van der Waals surface area contributed by atoms with Gasteiger partial charge in [0.1, 0.15) is 0 Å². The van der Waals surface area contributed by atoms with E-state index >= 15 is 0 Å². The summed E-state index contributed by atoms with van der Waals surface area (Å²) in [7, 11) is 0. The Balaban J connectivity index is 0.811. The molecule has 0 fully saturated rings. The minimum absolute atomic E-state index is 0.404. The molecule has 7 rings (SSSR count). The van der Waals surface area contributed by atoms with Crippen LogP contribution in [0.1, 0.15) is 62.9 Å². The molecule has 0 unspecified atom stereocenters. The Labute approximate surface area is 344 Å². The highest BCUT2D eigenvalue weighted by atomic mass is 16.5. The van der Waals surface area contributed by atoms with Gasteiger partial charge in [-0.3, -0.25) is 15.0 Å². The van der Waals surface area contributed by atoms with E-state index in [1.807, 2.05) is 18.6 Å². The zero-order chi connectivity index (χ0) is 39.8. The molecule has 0 spiro atoms. The van der Waals surface area contributed by atoms with Crippen molar-refractivity contribution in [3.63, 3.8) is 0 Å². The van der Waals surface area contributed by atoms with Crippen molar-refractivity contribution in [2.24, 2.45) is 15.0 Å². The second-order valence-electron chi connectivity index (χ2n) is 14.7. The van der Waals surface area contributed by atoms with Crippen molar-refractivity contribution in [3.05, 3.63) is 196 Å². The fourth-order valence-corrected chi connectivity index (χ4v) is 7.49. The first-order chi connectivity index (χ1) is 28.6. The average Bonchev–Trinajstić information content (AvgIpc) is 3.56. The SMILES string of the molecule is Cc1ccc(C=NCCCOCCOCCOCCCN=Cc2ccc(C=Nc3ccc(C4(c5ccc(C)cc5)c5ccccc5-c5ccccc54)cc3)cc2)cc1. The topological polar surface area (TPSA) is 64.8 Å². The predicted molar refractivity (Wildman–Crippen MR) is 240 cm³/mol. The third-order valence-corrected chi connectivity index (χ3v) is 10.5. The lowest BCUT2D eigenvalue weighted by Gasteiger charge is -2.34. The van der Waals surface area contributed by atoms with Gasteiger partial charge in [0.2, 0.25) is 0 Å². The number of benzene rings is 6. The van der Waals surface area contributed by atoms with Crippen LogP contribution in [0.5, 0.6) is 0 Å². The third-order valence-electron chi connectivity index (χ3n) is 10.5. The van der Waals surface area contributed by atoms with Crippen LogP contribution in [0.3, 0.4) is 0 Å². The molecule has 0 amide bonds. The number of rotatable bonds is 20. The van der Waals surface area contributed by atoms with Gasteiger partial charge in [0, 0.05) is 44.9 Å². The molecule has 6 heteroatoms. The summed E-state index contributed by atoms with van der Waals surface area (Å²) in [5.74, 6) is 0. The van der Waals surface area contributed by atoms with Crippen molar-refractivity contribution >= 4 is 24.3 Å². The second kappa shape index (κ2) is 20.6. The molecule has 58 heavy (non-hydrogen) atoms. The highest BCUT2D eigenvalue weighted by molar-refractivity contribution is 5.87. The van der Waals surface area contributed by atoms with Crippen molar-refractivity contribution in [3.8, 4) is 11.1 Å². The molecule has 1 aliphatic rings. The summed E-state index contributed by atoms with van der Waals surface area (Å²) in [4.78, 5) is 13.9. The molecule has 0 saturated heterocycles. The Morgan fingerprint density at radius 1 is 0.431 bits per heavy atom. The fourth-order valence-electron chi connectivity index (χ4n) is 7.49. The van der Waals surface area contributed by atoms with Gasteiger partial charge >= 0.3 is 0 Å². The van der Waals surface area contributed by atoms with Crippen LogP contribution in [-0.4, -0.2) is 71.4 Å². The molecule has 0 radical (unpaired) electrons. The summed E-state index contributed by atoms with van der Waals surface area (Å²) >= 11 is 0. The minimum Gasteiger partial charge on any atom is -0.379 e. The number of hydrogen-bond acceptors (Lipinski definition) is 6. The molecule has 294 valence electrons. The molecule has 0 aliphatic heterocycles. The van der Waals surface area contributed by atoms with Crippen LogP contribution in [0.25, 0.3) is 11.1 Å². The lowest BCUT2D eigenvalue weighted by molar-refractivity contribution is 0.0143. The van der Waals surface area contributed by atoms with E-state index in [0.29, 0.717) is 46.2 Å². The molecule has 0 N–H and O–H groups in total. The van der Waals surface area contributed by atoms with Crippen molar-refractivity contribution in [2.45, 2.75) is 32.1 Å². The standard InChI is InChI=1S/C52H53N3O3/c1-40-13-17-42(18-14-40)37-53-29-7-31-56-33-35-58-36-34-57-32-8-30-54-38-43-19-21-44(22-20-43)39-55-47-27-25-46(26-28-47)52(45-23-15-41(2)16-24-45)50-11-5-3-9-48(50)49-10-4-6-12-51(49)52/h3-6,9-28,37-39H,7-8,29-36H2,1-2H3. The van der Waals surface area contributed by atoms with E-state index in [0.717, 1.165) is 41.8 Å². The monoisotopic (exact) mass is 767 g/mol. The molecular formula is C52H53N3O3. The number of hydrogen-bond donors (Lipinski definition) is 0. The van der Waals surface area contributed by atoms with Gasteiger partial charge in [-0.1, -0.05) is 145 Å². The number of nitrogens with zero attached hydrogens (tertiary/aromatic N) is 3. The summed E-state index contributed by atoms with van der Waals surface area (Å²) in [5.41, 5.74) is 14.0. The smallest absolute Gasteiger partial charge is 0.0713 e. The summed E-state index contributed by atoms with van der Waals surface area (Å²) in [5, 5.41) is 0. The van der Waals surface area contributed by atoms with Crippen LogP contribution in [0.4, 0.5) is 5.69 Å². The van der Waals surface area contributed by atoms with Crippen molar-refractivity contribution in [1.29, 1.82) is 0 Å². The first-order valence-corrected chi connectivity index (χ1v) is 20.4. The molecule has 0 saturated carbocycles. The van der Waals surface area contributed by atoms with Crippen molar-refractivity contribution in [2.75, 3.05) is 52.7 Å². The zero-order valence-electron chi connectivity index (χ0n) is 33.7. The lowest BCUT2D eigenvalue weighted by Crippen LogP contribution is -2.28. The van der Waals surface area contributed by atoms with E-state index < -0.39 is 5.41 Å². The minimum atomic E-state index is -0.404. The Bertz CT molecular complexity index is 2230. The van der Waals surface area contributed by atoms with Crippen LogP contribution in [-0.2, 0) is 19.6 Å². The highest BCUT2D eigenvalue weighted by Crippen LogP contribution is 2.56. The van der Waals surface area contributed by atoms with Crippen molar-refractivity contribution in [1.82, 2.24) is 0 Å². The largest absolute Gasteiger partial charge is 0.379 e. The molecule has 6 aromatic rings. The number of ether oxygens (including phenoxy) is 3. The van der Waals surface area contributed by atoms with Crippen LogP contribution < -0.4 is 0 Å². The number of fused-ring (bicyclic) bond motifs is 3. The third kappa shape index (κ3) is 10.2. The Kier molecular flexibility index (Phi) is 14.3. The lowest BCUT2D eigenvalue weighted by atomic mass is 9.67. The number of aliphatic imine (C=N–C) groups is 3. The summed E-state index contributed by atoms with van der Waals surface area (Å²) in [6.45, 7) is 9.33. The van der Waals surface area contributed by atoms with Gasteiger partial charge in [-0.15, -0.1) is 0 Å². The van der Waals surface area contributed by atoms with E-state index in [1.165, 1.54) is 44.5 Å². The van der Waals surface area contributed by atoms with Gasteiger partial charge < -0.3 is 14.2 Å². The van der Waals surface area contributed by atoms with Crippen LogP contribution >= 0.6 is 0 Å². The molecule has 0 bridgehead atoms. The van der Waals surface area contributed by atoms with Crippen molar-refractivity contribution < 1.29 is 14.2 Å². The van der Waals surface area contributed by atoms with Gasteiger partial charge in [-0.2, -0.15) is 0 Å². The number of aryl methyl sites for hydroxylation is 2. The molecule has 0 aromatic heterocycles. The Morgan fingerprint density at radius 2 is 0.828 bits per heavy atom. The predicted octanol–water partition coefficient (Wildman–Crippen LogP) is 10.8. The maximum atomic E-state index is 5.70. The van der Waals surface area contributed by atoms with E-state index in [-0.39, 0.29) is 0 Å². The molecule has 6 aromatic carbocycles. The van der Waals surface area contributed by atoms with E-state index in [1.54, 1.807) is 0 Å². The molecular weight excluding hydrogens is 715 g/mol. The second-order valence-corrected chi connectivity index (χ2v) is 14.7. The molecule has 0 heterocycles. The molecule has 0 atom stereocenters. The average molecular weight is 768 g/mol. The van der Waals surface area contributed by atoms with Crippen LogP contribution in [0, 0.1) is 13.8 Å². The van der Waals surface area contributed by atoms with E-state index in [9.17, 15) is 0 Å². The van der Waals surface area contributed by atoms with Crippen LogP contribution in [0.15, 0.2) is 161 Å². The van der Waals surface area contributed by atoms with Gasteiger partial charge in [0.15, 0.2) is 0 Å². The first kappa shape index (κ1) is 40.4. The molecule has 1 aliphatic carbocycles. The maximum Gasteiger partial charge on any atom is 0.0713 e. The van der Waals surface area contributed by atoms with Gasteiger partial charge in [-0.05, 0) is 88.9 Å². The van der Waals surface area contributed by atoms with Gasteiger partial charge in [0.05, 0.1) is 37.5 Å². The maximum absolute atomic E-state index is 5.70. The molecule has 6 nitrogen and oxygen atoms in total. The normalized spacial score (nSPS) is 13.1. The van der Waals surface area contributed by atoms with Gasteiger partial charge in [0.25, 0.3) is 0 Å².